The summed E-state index contributed by atoms with van der Waals surface area (Å²) in [4.78, 5) is 24.3. The van der Waals surface area contributed by atoms with Crippen LogP contribution in [-0.2, 0) is 22.2 Å². The summed E-state index contributed by atoms with van der Waals surface area (Å²) < 4.78 is 37.7. The van der Waals surface area contributed by atoms with E-state index in [1.165, 1.54) is 12.2 Å². The van der Waals surface area contributed by atoms with Crippen LogP contribution in [0.25, 0.3) is 0 Å². The second-order valence-corrected chi connectivity index (χ2v) is 7.67. The van der Waals surface area contributed by atoms with Gasteiger partial charge in [-0.1, -0.05) is 47.7 Å². The van der Waals surface area contributed by atoms with E-state index in [9.17, 15) is 22.8 Å². The van der Waals surface area contributed by atoms with E-state index in [0.717, 1.165) is 18.5 Å². The van der Waals surface area contributed by atoms with Crippen LogP contribution < -0.4 is 16.0 Å². The maximum absolute atomic E-state index is 12.6. The number of carbonyl (C=O) groups is 2. The molecule has 0 bridgehead atoms. The molecule has 1 saturated heterocycles. The number of alkyl halides is 3. The van der Waals surface area contributed by atoms with Crippen LogP contribution in [0.3, 0.4) is 0 Å². The van der Waals surface area contributed by atoms with Crippen LogP contribution in [0.15, 0.2) is 42.5 Å². The van der Waals surface area contributed by atoms with Gasteiger partial charge in [-0.3, -0.25) is 14.9 Å². The first kappa shape index (κ1) is 21.9. The van der Waals surface area contributed by atoms with E-state index < -0.39 is 23.1 Å². The van der Waals surface area contributed by atoms with E-state index in [-0.39, 0.29) is 28.4 Å². The average molecular weight is 439 g/mol. The van der Waals surface area contributed by atoms with Crippen molar-refractivity contribution in [3.05, 3.63) is 53.1 Å². The lowest BCUT2D eigenvalue weighted by Gasteiger charge is -2.28. The minimum Gasteiger partial charge on any atom is -0.349 e. The molecule has 1 aromatic heterocycles. The van der Waals surface area contributed by atoms with Crippen molar-refractivity contribution in [2.75, 3.05) is 11.9 Å². The second kappa shape index (κ2) is 9.81. The molecule has 2 aromatic rings. The quantitative estimate of drug-likeness (QED) is 0.550. The largest absolute Gasteiger partial charge is 0.445 e. The third kappa shape index (κ3) is 6.36. The number of amides is 2. The summed E-state index contributed by atoms with van der Waals surface area (Å²) in [5.74, 6) is -0.802. The first-order valence-corrected chi connectivity index (χ1v) is 10.1. The Morgan fingerprint density at radius 1 is 1.27 bits per heavy atom. The normalized spacial score (nSPS) is 17.4. The lowest BCUT2D eigenvalue weighted by atomic mass is 10.0. The second-order valence-electron chi connectivity index (χ2n) is 6.69. The Morgan fingerprint density at radius 3 is 2.60 bits per heavy atom. The van der Waals surface area contributed by atoms with Gasteiger partial charge in [0.15, 0.2) is 0 Å². The highest BCUT2D eigenvalue weighted by Gasteiger charge is 2.35. The summed E-state index contributed by atoms with van der Waals surface area (Å²) >= 11 is 0.244. The van der Waals surface area contributed by atoms with E-state index in [4.69, 9.17) is 0 Å². The molecule has 1 aliphatic heterocycles. The topological polar surface area (TPSA) is 96.0 Å². The molecule has 1 aromatic carbocycles. The molecule has 0 unspecified atom stereocenters. The van der Waals surface area contributed by atoms with Gasteiger partial charge in [0.25, 0.3) is 0 Å². The maximum Gasteiger partial charge on any atom is 0.445 e. The summed E-state index contributed by atoms with van der Waals surface area (Å²) in [7, 11) is 0. The molecule has 1 aliphatic rings. The van der Waals surface area contributed by atoms with Crippen LogP contribution >= 0.6 is 11.3 Å². The Morgan fingerprint density at radius 2 is 2.00 bits per heavy atom. The minimum atomic E-state index is -4.61. The van der Waals surface area contributed by atoms with Gasteiger partial charge in [0.1, 0.15) is 0 Å². The molecule has 0 saturated carbocycles. The molecule has 2 amide bonds. The highest BCUT2D eigenvalue weighted by Crippen LogP contribution is 2.32. The Hall–Kier alpha value is -2.79. The predicted molar refractivity (Wildman–Crippen MR) is 106 cm³/mol. The highest BCUT2D eigenvalue weighted by atomic mass is 32.1. The van der Waals surface area contributed by atoms with Crippen molar-refractivity contribution in [3.8, 4) is 0 Å². The summed E-state index contributed by atoms with van der Waals surface area (Å²) in [5, 5.41) is 13.1. The molecule has 11 heteroatoms. The molecule has 0 spiro atoms. The standard InChI is InChI=1S/C19H20F3N5O2S/c20-19(21,22)17-26-27-18(30-17)25-15(28)9-8-13(24-16(29)14-10-11-23-14)7-6-12-4-2-1-3-5-12/h1-5,8-9,13-14,23H,6-7,10-11H2,(H,24,29)(H,25,27,28)/b9-8+/t13-,14-/m0/s1. The number of aromatic nitrogens is 2. The lowest BCUT2D eigenvalue weighted by Crippen LogP contribution is -2.54. The first-order valence-electron chi connectivity index (χ1n) is 9.29. The van der Waals surface area contributed by atoms with Crippen LogP contribution in [0.2, 0.25) is 0 Å². The SMILES string of the molecule is O=C(/C=C/[C@H](CCc1ccccc1)NC(=O)[C@@H]1CCN1)Nc1nnc(C(F)(F)F)s1. The van der Waals surface area contributed by atoms with Gasteiger partial charge >= 0.3 is 6.18 Å². The van der Waals surface area contributed by atoms with E-state index in [0.29, 0.717) is 12.8 Å². The van der Waals surface area contributed by atoms with Crippen LogP contribution in [0.4, 0.5) is 18.3 Å². The molecular formula is C19H20F3N5O2S. The third-order valence-corrected chi connectivity index (χ3v) is 5.32. The van der Waals surface area contributed by atoms with Gasteiger partial charge in [-0.2, -0.15) is 13.2 Å². The zero-order valence-electron chi connectivity index (χ0n) is 15.8. The lowest BCUT2D eigenvalue weighted by molar-refractivity contribution is -0.138. The summed E-state index contributed by atoms with van der Waals surface area (Å²) in [5.41, 5.74) is 1.09. The number of nitrogens with one attached hydrogen (secondary N) is 3. The van der Waals surface area contributed by atoms with E-state index in [2.05, 4.69) is 26.1 Å². The summed E-state index contributed by atoms with van der Waals surface area (Å²) in [6.07, 6.45) is 0.0860. The van der Waals surface area contributed by atoms with Crippen molar-refractivity contribution in [3.63, 3.8) is 0 Å². The fourth-order valence-corrected chi connectivity index (χ4v) is 3.33. The monoisotopic (exact) mass is 439 g/mol. The number of carbonyl (C=O) groups excluding carboxylic acids is 2. The van der Waals surface area contributed by atoms with Crippen molar-refractivity contribution in [1.29, 1.82) is 0 Å². The van der Waals surface area contributed by atoms with Gasteiger partial charge in [-0.05, 0) is 31.4 Å². The van der Waals surface area contributed by atoms with Gasteiger partial charge in [0.2, 0.25) is 22.0 Å². The number of hydrogen-bond acceptors (Lipinski definition) is 6. The molecule has 0 radical (unpaired) electrons. The Bertz CT molecular complexity index is 897. The van der Waals surface area contributed by atoms with Gasteiger partial charge in [0, 0.05) is 12.1 Å². The Balaban J connectivity index is 1.59. The van der Waals surface area contributed by atoms with Crippen LogP contribution in [0.5, 0.6) is 0 Å². The molecule has 7 nitrogen and oxygen atoms in total. The predicted octanol–water partition coefficient (Wildman–Crippen LogP) is 2.53. The molecule has 1 fully saturated rings. The number of halogens is 3. The fraction of sp³-hybridized carbons (Fsp3) is 0.368. The maximum atomic E-state index is 12.6. The van der Waals surface area contributed by atoms with Crippen molar-refractivity contribution >= 4 is 28.3 Å². The van der Waals surface area contributed by atoms with E-state index >= 15 is 0 Å². The van der Waals surface area contributed by atoms with Gasteiger partial charge in [-0.25, -0.2) is 0 Å². The average Bonchev–Trinajstić information content (AvgIpc) is 3.12. The number of benzene rings is 1. The van der Waals surface area contributed by atoms with E-state index in [1.54, 1.807) is 0 Å². The molecule has 3 rings (SSSR count). The molecular weight excluding hydrogens is 419 g/mol. The zero-order valence-corrected chi connectivity index (χ0v) is 16.6. The third-order valence-electron chi connectivity index (χ3n) is 4.43. The number of nitrogens with zero attached hydrogens (tertiary/aromatic N) is 2. The summed E-state index contributed by atoms with van der Waals surface area (Å²) in [6, 6.07) is 9.03. The molecule has 2 heterocycles. The Labute approximate surface area is 174 Å². The van der Waals surface area contributed by atoms with Gasteiger partial charge < -0.3 is 10.6 Å². The number of hydrogen-bond donors (Lipinski definition) is 3. The van der Waals surface area contributed by atoms with Crippen LogP contribution in [0, 0.1) is 0 Å². The molecule has 2 atom stereocenters. The number of anilines is 1. The Kier molecular flexibility index (Phi) is 7.16. The fourth-order valence-electron chi connectivity index (χ4n) is 2.72. The number of rotatable bonds is 8. The van der Waals surface area contributed by atoms with Gasteiger partial charge in [-0.15, -0.1) is 10.2 Å². The number of aryl methyl sites for hydroxylation is 1. The molecule has 3 N–H and O–H groups in total. The highest BCUT2D eigenvalue weighted by molar-refractivity contribution is 7.15. The summed E-state index contributed by atoms with van der Waals surface area (Å²) in [6.45, 7) is 0.785. The van der Waals surface area contributed by atoms with Crippen LogP contribution in [-0.4, -0.2) is 40.6 Å². The van der Waals surface area contributed by atoms with Crippen molar-refractivity contribution in [2.24, 2.45) is 0 Å². The molecule has 160 valence electrons. The first-order chi connectivity index (χ1) is 14.3. The van der Waals surface area contributed by atoms with Crippen molar-refractivity contribution in [1.82, 2.24) is 20.8 Å². The van der Waals surface area contributed by atoms with Gasteiger partial charge in [0.05, 0.1) is 6.04 Å². The minimum absolute atomic E-state index is 0.150. The van der Waals surface area contributed by atoms with Crippen molar-refractivity contribution < 1.29 is 22.8 Å². The van der Waals surface area contributed by atoms with Crippen molar-refractivity contribution in [2.45, 2.75) is 37.5 Å². The smallest absolute Gasteiger partial charge is 0.349 e. The molecule has 30 heavy (non-hydrogen) atoms. The van der Waals surface area contributed by atoms with Crippen LogP contribution in [0.1, 0.15) is 23.4 Å². The van der Waals surface area contributed by atoms with E-state index in [1.807, 2.05) is 30.3 Å². The molecule has 0 aliphatic carbocycles. The zero-order chi connectivity index (χ0) is 21.6.